The Morgan fingerprint density at radius 3 is 2.80 bits per heavy atom. The van der Waals surface area contributed by atoms with Crippen molar-refractivity contribution in [3.8, 4) is 0 Å². The third-order valence-corrected chi connectivity index (χ3v) is 4.49. The first kappa shape index (κ1) is 13.8. The van der Waals surface area contributed by atoms with Crippen LogP contribution in [0.3, 0.4) is 0 Å². The van der Waals surface area contributed by atoms with E-state index < -0.39 is 0 Å². The number of pyridine rings is 1. The lowest BCUT2D eigenvalue weighted by Crippen LogP contribution is -2.41. The van der Waals surface area contributed by atoms with Crippen molar-refractivity contribution in [1.82, 2.24) is 9.88 Å². The van der Waals surface area contributed by atoms with E-state index >= 15 is 0 Å². The molecular formula is C15H22FN3O. The molecule has 0 aromatic carbocycles. The van der Waals surface area contributed by atoms with Gasteiger partial charge in [-0.1, -0.05) is 6.42 Å². The molecule has 4 nitrogen and oxygen atoms in total. The summed E-state index contributed by atoms with van der Waals surface area (Å²) in [5, 5.41) is 9.15. The first-order chi connectivity index (χ1) is 9.79. The van der Waals surface area contributed by atoms with Gasteiger partial charge in [0.1, 0.15) is 0 Å². The summed E-state index contributed by atoms with van der Waals surface area (Å²) in [6.45, 7) is 3.76. The Hall–Kier alpha value is -1.20. The molecule has 1 aromatic heterocycles. The van der Waals surface area contributed by atoms with Gasteiger partial charge >= 0.3 is 0 Å². The van der Waals surface area contributed by atoms with Gasteiger partial charge < -0.3 is 10.0 Å². The van der Waals surface area contributed by atoms with Gasteiger partial charge in [-0.15, -0.1) is 0 Å². The molecule has 1 N–H and O–H groups in total. The molecule has 1 atom stereocenters. The minimum absolute atomic E-state index is 0.273. The summed E-state index contributed by atoms with van der Waals surface area (Å²) in [5.41, 5.74) is 0.330. The number of anilines is 1. The van der Waals surface area contributed by atoms with Crippen LogP contribution in [0.5, 0.6) is 0 Å². The van der Waals surface area contributed by atoms with Crippen molar-refractivity contribution in [3.63, 3.8) is 0 Å². The highest BCUT2D eigenvalue weighted by molar-refractivity contribution is 5.44. The van der Waals surface area contributed by atoms with Gasteiger partial charge in [0.15, 0.2) is 11.6 Å². The molecular weight excluding hydrogens is 257 g/mol. The number of aliphatic hydroxyl groups excluding tert-OH is 1. The van der Waals surface area contributed by atoms with Gasteiger partial charge in [0.25, 0.3) is 0 Å². The maximum absolute atomic E-state index is 14.2. The average molecular weight is 279 g/mol. The maximum atomic E-state index is 14.2. The van der Waals surface area contributed by atoms with E-state index in [9.17, 15) is 4.39 Å². The van der Waals surface area contributed by atoms with E-state index in [1.165, 1.54) is 38.4 Å². The van der Waals surface area contributed by atoms with Crippen LogP contribution in [0.2, 0.25) is 0 Å². The number of rotatable bonds is 3. The molecule has 0 bridgehead atoms. The number of halogens is 1. The molecule has 20 heavy (non-hydrogen) atoms. The lowest BCUT2D eigenvalue weighted by molar-refractivity contribution is 0.174. The van der Waals surface area contributed by atoms with Crippen LogP contribution < -0.4 is 4.90 Å². The number of hydrogen-bond donors (Lipinski definition) is 1. The van der Waals surface area contributed by atoms with Crippen LogP contribution in [-0.4, -0.2) is 47.2 Å². The van der Waals surface area contributed by atoms with Crippen LogP contribution in [0, 0.1) is 5.82 Å². The molecule has 0 amide bonds. The van der Waals surface area contributed by atoms with E-state index in [4.69, 9.17) is 5.11 Å². The largest absolute Gasteiger partial charge is 0.392 e. The molecule has 110 valence electrons. The number of aliphatic hydroxyl groups is 1. The summed E-state index contributed by atoms with van der Waals surface area (Å²) in [6, 6.07) is 2.06. The summed E-state index contributed by atoms with van der Waals surface area (Å²) in [4.78, 5) is 8.73. The summed E-state index contributed by atoms with van der Waals surface area (Å²) < 4.78 is 14.2. The molecule has 2 saturated heterocycles. The third-order valence-electron chi connectivity index (χ3n) is 4.49. The number of piperidine rings is 1. The van der Waals surface area contributed by atoms with E-state index in [1.807, 2.05) is 4.90 Å². The van der Waals surface area contributed by atoms with Crippen molar-refractivity contribution in [2.75, 3.05) is 31.1 Å². The van der Waals surface area contributed by atoms with Crippen molar-refractivity contribution in [2.24, 2.45) is 0 Å². The standard InChI is InChI=1S/C15H22FN3O/c16-14-12(11-20)4-6-17-15(14)19-9-5-13(10-19)18-7-2-1-3-8-18/h4,6,13,20H,1-3,5,7-11H2. The molecule has 1 unspecified atom stereocenters. The second-order valence-electron chi connectivity index (χ2n) is 5.75. The molecule has 1 aromatic rings. The molecule has 3 heterocycles. The predicted molar refractivity (Wildman–Crippen MR) is 76.2 cm³/mol. The Morgan fingerprint density at radius 2 is 2.05 bits per heavy atom. The van der Waals surface area contributed by atoms with Crippen molar-refractivity contribution in [1.29, 1.82) is 0 Å². The zero-order chi connectivity index (χ0) is 13.9. The molecule has 0 aliphatic carbocycles. The zero-order valence-corrected chi connectivity index (χ0v) is 11.8. The van der Waals surface area contributed by atoms with Gasteiger partial charge in [-0.05, 0) is 38.4 Å². The fourth-order valence-corrected chi connectivity index (χ4v) is 3.33. The average Bonchev–Trinajstić information content (AvgIpc) is 2.98. The Labute approximate surface area is 119 Å². The topological polar surface area (TPSA) is 39.6 Å². The molecule has 2 aliphatic heterocycles. The molecule has 2 aliphatic rings. The molecule has 5 heteroatoms. The Bertz CT molecular complexity index is 462. The van der Waals surface area contributed by atoms with Crippen molar-refractivity contribution in [3.05, 3.63) is 23.6 Å². The van der Waals surface area contributed by atoms with Crippen LogP contribution in [0.4, 0.5) is 10.2 Å². The van der Waals surface area contributed by atoms with Gasteiger partial charge in [0.05, 0.1) is 6.61 Å². The van der Waals surface area contributed by atoms with Crippen molar-refractivity contribution < 1.29 is 9.50 Å². The van der Waals surface area contributed by atoms with Gasteiger partial charge in [-0.3, -0.25) is 4.90 Å². The smallest absolute Gasteiger partial charge is 0.171 e. The summed E-state index contributed by atoms with van der Waals surface area (Å²) >= 11 is 0. The minimum Gasteiger partial charge on any atom is -0.392 e. The highest BCUT2D eigenvalue weighted by atomic mass is 19.1. The van der Waals surface area contributed by atoms with Crippen LogP contribution in [0.1, 0.15) is 31.2 Å². The quantitative estimate of drug-likeness (QED) is 0.915. The summed E-state index contributed by atoms with van der Waals surface area (Å²) in [7, 11) is 0. The highest BCUT2D eigenvalue weighted by Crippen LogP contribution is 2.26. The van der Waals surface area contributed by atoms with Crippen molar-refractivity contribution >= 4 is 5.82 Å². The van der Waals surface area contributed by atoms with Crippen LogP contribution in [0.15, 0.2) is 12.3 Å². The SMILES string of the molecule is OCc1ccnc(N2CCC(N3CCCCC3)C2)c1F. The Balaban J connectivity index is 1.70. The molecule has 0 saturated carbocycles. The summed E-state index contributed by atoms with van der Waals surface area (Å²) in [6.07, 6.45) is 6.55. The first-order valence-corrected chi connectivity index (χ1v) is 7.53. The van der Waals surface area contributed by atoms with E-state index in [1.54, 1.807) is 6.20 Å². The Kier molecular flexibility index (Phi) is 4.17. The fourth-order valence-electron chi connectivity index (χ4n) is 3.33. The highest BCUT2D eigenvalue weighted by Gasteiger charge is 2.30. The molecule has 0 radical (unpaired) electrons. The normalized spacial score (nSPS) is 24.3. The third kappa shape index (κ3) is 2.65. The lowest BCUT2D eigenvalue weighted by Gasteiger charge is -2.32. The van der Waals surface area contributed by atoms with Crippen LogP contribution in [-0.2, 0) is 6.61 Å². The van der Waals surface area contributed by atoms with E-state index in [2.05, 4.69) is 9.88 Å². The molecule has 0 spiro atoms. The number of likely N-dealkylation sites (tertiary alicyclic amines) is 1. The molecule has 3 rings (SSSR count). The lowest BCUT2D eigenvalue weighted by atomic mass is 10.1. The van der Waals surface area contributed by atoms with Gasteiger partial charge in [-0.25, -0.2) is 9.37 Å². The van der Waals surface area contributed by atoms with Crippen LogP contribution >= 0.6 is 0 Å². The van der Waals surface area contributed by atoms with Crippen LogP contribution in [0.25, 0.3) is 0 Å². The maximum Gasteiger partial charge on any atom is 0.171 e. The Morgan fingerprint density at radius 1 is 1.25 bits per heavy atom. The van der Waals surface area contributed by atoms with E-state index in [0.717, 1.165) is 19.5 Å². The van der Waals surface area contributed by atoms with E-state index in [-0.39, 0.29) is 12.4 Å². The van der Waals surface area contributed by atoms with Gasteiger partial charge in [0.2, 0.25) is 0 Å². The zero-order valence-electron chi connectivity index (χ0n) is 11.8. The number of aromatic nitrogens is 1. The second kappa shape index (κ2) is 6.06. The summed E-state index contributed by atoms with van der Waals surface area (Å²) in [5.74, 6) is 0.0327. The number of hydrogen-bond acceptors (Lipinski definition) is 4. The van der Waals surface area contributed by atoms with Gasteiger partial charge in [-0.2, -0.15) is 0 Å². The molecule has 2 fully saturated rings. The number of nitrogens with zero attached hydrogens (tertiary/aromatic N) is 3. The predicted octanol–water partition coefficient (Wildman–Crippen LogP) is 1.78. The van der Waals surface area contributed by atoms with Gasteiger partial charge in [0, 0.05) is 30.9 Å². The monoisotopic (exact) mass is 279 g/mol. The minimum atomic E-state index is -0.366. The second-order valence-corrected chi connectivity index (χ2v) is 5.75. The van der Waals surface area contributed by atoms with Crippen molar-refractivity contribution in [2.45, 2.75) is 38.3 Å². The fraction of sp³-hybridized carbons (Fsp3) is 0.667. The first-order valence-electron chi connectivity index (χ1n) is 7.53. The van der Waals surface area contributed by atoms with E-state index in [0.29, 0.717) is 17.4 Å².